The molecule has 0 radical (unpaired) electrons. The van der Waals surface area contributed by atoms with Crippen LogP contribution in [0.25, 0.3) is 0 Å². The van der Waals surface area contributed by atoms with E-state index in [1.54, 1.807) is 6.20 Å². The van der Waals surface area contributed by atoms with Crippen LogP contribution in [0.4, 0.5) is 0 Å². The summed E-state index contributed by atoms with van der Waals surface area (Å²) < 4.78 is 23.7. The van der Waals surface area contributed by atoms with Crippen molar-refractivity contribution in [3.05, 3.63) is 17.0 Å². The van der Waals surface area contributed by atoms with Crippen molar-refractivity contribution in [1.29, 1.82) is 0 Å². The van der Waals surface area contributed by atoms with E-state index in [0.717, 1.165) is 30.4 Å². The summed E-state index contributed by atoms with van der Waals surface area (Å²) in [5.74, 6) is -0.139. The van der Waals surface area contributed by atoms with Crippen molar-refractivity contribution in [2.75, 3.05) is 27.4 Å². The monoisotopic (exact) mass is 363 g/mol. The first-order valence-electron chi connectivity index (χ1n) is 9.18. The molecular formula is C18H25N3O5. The highest BCUT2D eigenvalue weighted by Crippen LogP contribution is 2.41. The first kappa shape index (κ1) is 17.5. The van der Waals surface area contributed by atoms with Crippen LogP contribution in [-0.4, -0.2) is 59.2 Å². The lowest BCUT2D eigenvalue weighted by atomic mass is 9.90. The van der Waals surface area contributed by atoms with Gasteiger partial charge in [0, 0.05) is 25.7 Å². The lowest BCUT2D eigenvalue weighted by molar-refractivity contribution is -0.572. The molecule has 1 saturated heterocycles. The van der Waals surface area contributed by atoms with Gasteiger partial charge in [0.15, 0.2) is 5.79 Å². The topological polar surface area (TPSA) is 88.8 Å². The minimum absolute atomic E-state index is 0.208. The van der Waals surface area contributed by atoms with Crippen LogP contribution in [0.5, 0.6) is 11.9 Å². The zero-order valence-electron chi connectivity index (χ0n) is 15.3. The van der Waals surface area contributed by atoms with E-state index in [0.29, 0.717) is 43.2 Å². The molecular weight excluding hydrogens is 338 g/mol. The number of ether oxygens (including phenoxy) is 4. The van der Waals surface area contributed by atoms with Crippen LogP contribution in [0.3, 0.4) is 0 Å². The van der Waals surface area contributed by atoms with Crippen molar-refractivity contribution >= 4 is 5.71 Å². The first-order chi connectivity index (χ1) is 12.6. The molecule has 1 saturated carbocycles. The highest BCUT2D eigenvalue weighted by Gasteiger charge is 2.54. The lowest BCUT2D eigenvalue weighted by Gasteiger charge is -2.45. The zero-order chi connectivity index (χ0) is 18.2. The van der Waals surface area contributed by atoms with Gasteiger partial charge in [0.25, 0.3) is 0 Å². The number of rotatable bonds is 3. The Morgan fingerprint density at radius 1 is 1.08 bits per heavy atom. The van der Waals surface area contributed by atoms with Gasteiger partial charge in [-0.25, -0.2) is 4.98 Å². The molecule has 8 heteroatoms. The summed E-state index contributed by atoms with van der Waals surface area (Å²) >= 11 is 0. The van der Waals surface area contributed by atoms with Crippen molar-refractivity contribution in [2.45, 2.75) is 56.3 Å². The maximum absolute atomic E-state index is 13.2. The number of hydrogen-bond acceptors (Lipinski definition) is 7. The average Bonchev–Trinajstić information content (AvgIpc) is 3.01. The van der Waals surface area contributed by atoms with E-state index in [4.69, 9.17) is 18.9 Å². The van der Waals surface area contributed by atoms with Crippen molar-refractivity contribution < 1.29 is 23.7 Å². The molecule has 0 N–H and O–H groups in total. The van der Waals surface area contributed by atoms with Crippen LogP contribution in [0.2, 0.25) is 0 Å². The average molecular weight is 363 g/mol. The van der Waals surface area contributed by atoms with E-state index in [1.165, 1.54) is 20.6 Å². The van der Waals surface area contributed by atoms with E-state index < -0.39 is 11.3 Å². The van der Waals surface area contributed by atoms with Crippen LogP contribution < -0.4 is 9.47 Å². The fourth-order valence-electron chi connectivity index (χ4n) is 4.14. The Morgan fingerprint density at radius 2 is 1.81 bits per heavy atom. The molecule has 1 aliphatic carbocycles. The van der Waals surface area contributed by atoms with Crippen LogP contribution in [-0.2, 0) is 9.47 Å². The highest BCUT2D eigenvalue weighted by atomic mass is 16.7. The fraction of sp³-hybridized carbons (Fsp3) is 0.722. The summed E-state index contributed by atoms with van der Waals surface area (Å²) in [6.07, 6.45) is 8.15. The third-order valence-electron chi connectivity index (χ3n) is 5.74. The van der Waals surface area contributed by atoms with Gasteiger partial charge in [0.1, 0.15) is 18.8 Å². The normalized spacial score (nSPS) is 24.2. The number of aromatic nitrogens is 2. The SMILES string of the molecule is COc1ncc(C2=[N+]([O-])C3(CC2)COC2(CCCCC2)OC3)c(OC)n1. The minimum Gasteiger partial charge on any atom is -0.623 e. The quantitative estimate of drug-likeness (QED) is 0.600. The summed E-state index contributed by atoms with van der Waals surface area (Å²) in [6.45, 7) is 0.776. The Kier molecular flexibility index (Phi) is 4.48. The molecule has 3 heterocycles. The highest BCUT2D eigenvalue weighted by molar-refractivity contribution is 5.99. The molecule has 1 aromatic heterocycles. The van der Waals surface area contributed by atoms with Crippen LogP contribution in [0, 0.1) is 5.21 Å². The molecule has 8 nitrogen and oxygen atoms in total. The Bertz CT molecular complexity index is 705. The van der Waals surface area contributed by atoms with Gasteiger partial charge in [-0.2, -0.15) is 9.72 Å². The van der Waals surface area contributed by atoms with E-state index in [9.17, 15) is 5.21 Å². The van der Waals surface area contributed by atoms with Crippen molar-refractivity contribution in [3.63, 3.8) is 0 Å². The molecule has 2 spiro atoms. The van der Waals surface area contributed by atoms with E-state index in [-0.39, 0.29) is 6.01 Å². The largest absolute Gasteiger partial charge is 0.623 e. The number of hydroxylamine groups is 1. The predicted octanol–water partition coefficient (Wildman–Crippen LogP) is 2.03. The van der Waals surface area contributed by atoms with Gasteiger partial charge >= 0.3 is 6.01 Å². The van der Waals surface area contributed by atoms with Crippen molar-refractivity contribution in [1.82, 2.24) is 9.97 Å². The molecule has 0 unspecified atom stereocenters. The van der Waals surface area contributed by atoms with E-state index in [2.05, 4.69) is 9.97 Å². The summed E-state index contributed by atoms with van der Waals surface area (Å²) in [6, 6.07) is 0.208. The van der Waals surface area contributed by atoms with Crippen LogP contribution >= 0.6 is 0 Å². The molecule has 142 valence electrons. The smallest absolute Gasteiger partial charge is 0.319 e. The maximum atomic E-state index is 13.2. The summed E-state index contributed by atoms with van der Waals surface area (Å²) in [7, 11) is 3.01. The number of nitrogens with zero attached hydrogens (tertiary/aromatic N) is 3. The second-order valence-corrected chi connectivity index (χ2v) is 7.29. The standard InChI is InChI=1S/C18H25N3O5/c1-23-15-13(10-19-16(20-15)24-2)14-6-9-17(21(14)22)11-25-18(26-12-17)7-4-3-5-8-18/h10H,3-9,11-12H2,1-2H3. The van der Waals surface area contributed by atoms with Gasteiger partial charge in [0.2, 0.25) is 17.1 Å². The molecule has 0 bridgehead atoms. The Balaban J connectivity index is 1.59. The van der Waals surface area contributed by atoms with E-state index >= 15 is 0 Å². The van der Waals surface area contributed by atoms with E-state index in [1.807, 2.05) is 0 Å². The Labute approximate surface area is 152 Å². The minimum atomic E-state index is -0.678. The molecule has 0 aromatic carbocycles. The fourth-order valence-corrected chi connectivity index (χ4v) is 4.14. The molecule has 3 aliphatic rings. The third-order valence-corrected chi connectivity index (χ3v) is 5.74. The molecule has 2 aliphatic heterocycles. The third kappa shape index (κ3) is 2.81. The molecule has 0 atom stereocenters. The zero-order valence-corrected chi connectivity index (χ0v) is 15.3. The molecule has 4 rings (SSSR count). The molecule has 0 amide bonds. The summed E-state index contributed by atoms with van der Waals surface area (Å²) in [5.41, 5.74) is 0.526. The van der Waals surface area contributed by atoms with Crippen LogP contribution in [0.15, 0.2) is 6.20 Å². The molecule has 1 aromatic rings. The van der Waals surface area contributed by atoms with Gasteiger partial charge < -0.3 is 24.2 Å². The summed E-state index contributed by atoms with van der Waals surface area (Å²) in [5, 5.41) is 13.2. The van der Waals surface area contributed by atoms with Gasteiger partial charge in [-0.3, -0.25) is 0 Å². The van der Waals surface area contributed by atoms with Gasteiger partial charge in [0.05, 0.1) is 20.4 Å². The molecule has 26 heavy (non-hydrogen) atoms. The lowest BCUT2D eigenvalue weighted by Crippen LogP contribution is -2.57. The number of hydrogen-bond donors (Lipinski definition) is 0. The maximum Gasteiger partial charge on any atom is 0.319 e. The van der Waals surface area contributed by atoms with Gasteiger partial charge in [-0.15, -0.1) is 0 Å². The Morgan fingerprint density at radius 3 is 2.46 bits per heavy atom. The van der Waals surface area contributed by atoms with Crippen LogP contribution in [0.1, 0.15) is 50.5 Å². The number of methoxy groups -OCH3 is 2. The predicted molar refractivity (Wildman–Crippen MR) is 92.6 cm³/mol. The van der Waals surface area contributed by atoms with Crippen molar-refractivity contribution in [3.8, 4) is 11.9 Å². The van der Waals surface area contributed by atoms with Gasteiger partial charge in [-0.05, 0) is 12.8 Å². The second-order valence-electron chi connectivity index (χ2n) is 7.29. The first-order valence-corrected chi connectivity index (χ1v) is 9.18. The van der Waals surface area contributed by atoms with Crippen molar-refractivity contribution in [2.24, 2.45) is 0 Å². The molecule has 2 fully saturated rings. The second kappa shape index (κ2) is 6.66. The Hall–Kier alpha value is -1.93. The summed E-state index contributed by atoms with van der Waals surface area (Å²) in [4.78, 5) is 8.31. The van der Waals surface area contributed by atoms with Gasteiger partial charge in [-0.1, -0.05) is 6.42 Å².